The maximum absolute atomic E-state index is 12.4. The number of aliphatic hydroxyl groups excluding tert-OH is 1. The Morgan fingerprint density at radius 1 is 0.765 bits per heavy atom. The number of nitrogens with zero attached hydrogens (tertiary/aromatic N) is 4. The van der Waals surface area contributed by atoms with Gasteiger partial charge in [0, 0.05) is 31.6 Å². The Bertz CT molecular complexity index is 1950. The largest absolute Gasteiger partial charge is 0.618 e. The summed E-state index contributed by atoms with van der Waals surface area (Å²) in [5.74, 6) is 2.68. The van der Waals surface area contributed by atoms with Gasteiger partial charge in [0.05, 0.1) is 26.3 Å². The van der Waals surface area contributed by atoms with E-state index in [-0.39, 0.29) is 18.1 Å². The van der Waals surface area contributed by atoms with Crippen molar-refractivity contribution < 1.29 is 42.8 Å². The van der Waals surface area contributed by atoms with E-state index in [4.69, 9.17) is 23.8 Å². The second-order valence-corrected chi connectivity index (χ2v) is 10.7. The fourth-order valence-corrected chi connectivity index (χ4v) is 4.57. The van der Waals surface area contributed by atoms with Crippen molar-refractivity contribution in [1.82, 2.24) is 10.3 Å². The number of hydrogen-bond donors (Lipinski definition) is 1. The van der Waals surface area contributed by atoms with Gasteiger partial charge in [0.15, 0.2) is 11.4 Å². The molecule has 0 aliphatic rings. The summed E-state index contributed by atoms with van der Waals surface area (Å²) in [5, 5.41) is 38.4. The molecule has 14 heteroatoms. The van der Waals surface area contributed by atoms with Gasteiger partial charge in [-0.05, 0) is 86.0 Å². The van der Waals surface area contributed by atoms with Gasteiger partial charge >= 0.3 is 5.69 Å². The fraction of sp³-hybridized carbons (Fsp3) is 0.243. The van der Waals surface area contributed by atoms with Crippen LogP contribution in [0.4, 0.5) is 5.69 Å². The van der Waals surface area contributed by atoms with Crippen LogP contribution < -0.4 is 18.9 Å². The highest BCUT2D eigenvalue weighted by atomic mass is 16.6. The van der Waals surface area contributed by atoms with Gasteiger partial charge in [-0.25, -0.2) is 0 Å². The number of hydrogen-bond acceptors (Lipinski definition) is 12. The normalized spacial score (nSPS) is 10.0. The highest BCUT2D eigenvalue weighted by Crippen LogP contribution is 2.23. The lowest BCUT2D eigenvalue weighted by atomic mass is 10.1. The van der Waals surface area contributed by atoms with Gasteiger partial charge in [-0.2, -0.15) is 4.73 Å². The molecule has 0 aliphatic heterocycles. The number of ether oxygens (including phenoxy) is 3. The Hall–Kier alpha value is -6.28. The fourth-order valence-electron chi connectivity index (χ4n) is 4.57. The molecule has 1 N–H and O–H groups in total. The minimum absolute atomic E-state index is 0.0278. The number of aliphatic hydroxyl groups is 1. The van der Waals surface area contributed by atoms with Crippen LogP contribution in [-0.4, -0.2) is 54.6 Å². The maximum Gasteiger partial charge on any atom is 0.334 e. The molecule has 6 rings (SSSR count). The summed E-state index contributed by atoms with van der Waals surface area (Å²) >= 11 is 0. The molecule has 3 heterocycles. The van der Waals surface area contributed by atoms with E-state index in [1.54, 1.807) is 40.4 Å². The van der Waals surface area contributed by atoms with Crippen molar-refractivity contribution in [2.75, 3.05) is 27.9 Å². The molecule has 6 aromatic rings. The summed E-state index contributed by atoms with van der Waals surface area (Å²) in [4.78, 5) is 19.8. The van der Waals surface area contributed by atoms with Crippen LogP contribution in [0.3, 0.4) is 0 Å². The molecule has 0 unspecified atom stereocenters. The number of aromatic nitrogens is 3. The standard InChI is InChI=1S/C14H12N2O3.C9H12O2.C9H10O2.C5H6N2O3/c1-9-14-13(19-15-9)8-7-12(16(14)17)10-3-5-11(18-2)6-4-10;2*1-11-9-4-2-8(3-5-9)6-7-10;1-3-5(7(8)9)4(2)10-6-3/h3-8H,1-2H3;2-5,10H,6-7H2,1H3;2-5,7H,6H2,1H3;1-2H3. The first kappa shape index (κ1) is 39.2. The van der Waals surface area contributed by atoms with E-state index in [0.717, 1.165) is 45.0 Å². The summed E-state index contributed by atoms with van der Waals surface area (Å²) in [6.07, 6.45) is 2.08. The number of carbonyl (C=O) groups excluding carboxylic acids is 1. The second kappa shape index (κ2) is 19.7. The van der Waals surface area contributed by atoms with Gasteiger partial charge in [0.25, 0.3) is 5.52 Å². The van der Waals surface area contributed by atoms with Crippen LogP contribution in [0.5, 0.6) is 17.2 Å². The summed E-state index contributed by atoms with van der Waals surface area (Å²) in [7, 11) is 4.87. The van der Waals surface area contributed by atoms with E-state index in [1.165, 1.54) is 13.8 Å². The van der Waals surface area contributed by atoms with Crippen molar-refractivity contribution >= 4 is 23.1 Å². The molecular weight excluding hydrogens is 660 g/mol. The van der Waals surface area contributed by atoms with E-state index in [0.29, 0.717) is 41.0 Å². The highest BCUT2D eigenvalue weighted by Gasteiger charge is 2.20. The second-order valence-electron chi connectivity index (χ2n) is 10.7. The number of methoxy groups -OCH3 is 3. The summed E-state index contributed by atoms with van der Waals surface area (Å²) in [6, 6.07) is 26.0. The molecule has 0 atom stereocenters. The maximum atomic E-state index is 12.4. The van der Waals surface area contributed by atoms with E-state index in [2.05, 4.69) is 14.8 Å². The lowest BCUT2D eigenvalue weighted by Gasteiger charge is -2.06. The third-order valence-electron chi connectivity index (χ3n) is 7.27. The van der Waals surface area contributed by atoms with Crippen LogP contribution in [0.25, 0.3) is 22.4 Å². The average Bonchev–Trinajstić information content (AvgIpc) is 3.70. The highest BCUT2D eigenvalue weighted by molar-refractivity contribution is 5.73. The SMILES string of the molecule is COc1ccc(-c2ccc3onc(C)c3[n+]2[O-])cc1.COc1ccc(CC=O)cc1.COc1ccc(CCO)cc1.Cc1noc(C)c1[N+](=O)[O-]. The van der Waals surface area contributed by atoms with Gasteiger partial charge in [0.2, 0.25) is 17.0 Å². The van der Waals surface area contributed by atoms with Crippen LogP contribution in [0, 0.1) is 36.1 Å². The van der Waals surface area contributed by atoms with Crippen LogP contribution in [0.2, 0.25) is 0 Å². The first-order valence-electron chi connectivity index (χ1n) is 15.6. The molecule has 0 spiro atoms. The number of carbonyl (C=O) groups is 1. The van der Waals surface area contributed by atoms with Gasteiger partial charge < -0.3 is 38.4 Å². The van der Waals surface area contributed by atoms with Crippen molar-refractivity contribution in [2.24, 2.45) is 0 Å². The smallest absolute Gasteiger partial charge is 0.334 e. The monoisotopic (exact) mass is 700 g/mol. The van der Waals surface area contributed by atoms with E-state index in [1.807, 2.05) is 72.8 Å². The molecule has 268 valence electrons. The summed E-state index contributed by atoms with van der Waals surface area (Å²) in [5.41, 5.74) is 5.36. The first-order chi connectivity index (χ1) is 24.6. The molecule has 0 aliphatic carbocycles. The minimum atomic E-state index is -0.499. The zero-order valence-electron chi connectivity index (χ0n) is 29.2. The van der Waals surface area contributed by atoms with Gasteiger partial charge in [-0.3, -0.25) is 10.1 Å². The molecule has 3 aromatic heterocycles. The number of aldehydes is 1. The van der Waals surface area contributed by atoms with Gasteiger partial charge in [0.1, 0.15) is 23.5 Å². The van der Waals surface area contributed by atoms with Crippen molar-refractivity contribution in [2.45, 2.75) is 33.6 Å². The van der Waals surface area contributed by atoms with Crippen LogP contribution in [-0.2, 0) is 17.6 Å². The number of benzene rings is 3. The third kappa shape index (κ3) is 11.1. The molecule has 0 fully saturated rings. The Morgan fingerprint density at radius 2 is 1.27 bits per heavy atom. The molecule has 0 radical (unpaired) electrons. The number of pyridine rings is 1. The van der Waals surface area contributed by atoms with Crippen molar-refractivity contribution in [3.8, 4) is 28.5 Å². The van der Waals surface area contributed by atoms with E-state index >= 15 is 0 Å². The lowest BCUT2D eigenvalue weighted by molar-refractivity contribution is -0.565. The van der Waals surface area contributed by atoms with Crippen LogP contribution in [0.1, 0.15) is 28.3 Å². The summed E-state index contributed by atoms with van der Waals surface area (Å²) < 4.78 is 25.5. The number of aryl methyl sites for hydroxylation is 3. The molecule has 14 nitrogen and oxygen atoms in total. The van der Waals surface area contributed by atoms with E-state index in [9.17, 15) is 20.1 Å². The van der Waals surface area contributed by atoms with E-state index < -0.39 is 4.92 Å². The zero-order valence-corrected chi connectivity index (χ0v) is 29.2. The minimum Gasteiger partial charge on any atom is -0.618 e. The van der Waals surface area contributed by atoms with Gasteiger partial charge in [-0.1, -0.05) is 34.6 Å². The van der Waals surface area contributed by atoms with Crippen LogP contribution in [0.15, 0.2) is 94.0 Å². The van der Waals surface area contributed by atoms with Crippen molar-refractivity contribution in [1.29, 1.82) is 0 Å². The molecule has 0 amide bonds. The molecule has 0 saturated heterocycles. The van der Waals surface area contributed by atoms with Gasteiger partial charge in [-0.15, -0.1) is 0 Å². The number of nitro groups is 1. The molecule has 0 bridgehead atoms. The Morgan fingerprint density at radius 3 is 1.71 bits per heavy atom. The van der Waals surface area contributed by atoms with Crippen LogP contribution >= 0.6 is 0 Å². The average molecular weight is 701 g/mol. The Labute approximate surface area is 294 Å². The van der Waals surface area contributed by atoms with Crippen molar-refractivity contribution in [3.05, 3.63) is 129 Å². The first-order valence-corrected chi connectivity index (χ1v) is 15.6. The number of rotatable bonds is 9. The zero-order chi connectivity index (χ0) is 37.3. The lowest BCUT2D eigenvalue weighted by Crippen LogP contribution is -2.30. The predicted octanol–water partition coefficient (Wildman–Crippen LogP) is 6.31. The molecular formula is C37H40N4O10. The molecule has 0 saturated carbocycles. The number of fused-ring (bicyclic) bond motifs is 1. The topological polar surface area (TPSA) is 187 Å². The quantitative estimate of drug-likeness (QED) is 0.0583. The third-order valence-corrected chi connectivity index (χ3v) is 7.27. The predicted molar refractivity (Wildman–Crippen MR) is 189 cm³/mol. The van der Waals surface area contributed by atoms with Crippen molar-refractivity contribution in [3.63, 3.8) is 0 Å². The Kier molecular flexibility index (Phi) is 15.1. The Balaban J connectivity index is 0.000000192. The molecule has 51 heavy (non-hydrogen) atoms. The summed E-state index contributed by atoms with van der Waals surface area (Å²) in [6.45, 7) is 5.00. The molecule has 3 aromatic carbocycles.